The number of hydrogen-bond acceptors (Lipinski definition) is 3. The summed E-state index contributed by atoms with van der Waals surface area (Å²) in [5.41, 5.74) is 2.22. The molecule has 1 fully saturated rings. The van der Waals surface area contributed by atoms with Crippen LogP contribution in [0.1, 0.15) is 43.7 Å². The number of fused-ring (bicyclic) bond motifs is 1. The Morgan fingerprint density at radius 2 is 2.05 bits per heavy atom. The van der Waals surface area contributed by atoms with Gasteiger partial charge in [0.2, 0.25) is 10.0 Å². The summed E-state index contributed by atoms with van der Waals surface area (Å²) in [4.78, 5) is 0.475. The zero-order valence-electron chi connectivity index (χ0n) is 12.6. The Labute approximate surface area is 127 Å². The molecule has 0 aromatic heterocycles. The molecule has 3 rings (SSSR count). The Balaban J connectivity index is 1.82. The second-order valence-corrected chi connectivity index (χ2v) is 8.40. The molecule has 2 N–H and O–H groups in total. The standard InChI is InChI=1S/C16H24N2O2S/c1-16(8-2-3-9-16)12-18-21(19,20)15-6-4-5-13-11-17-10-7-14(13)15/h4-6,17-18H,2-3,7-12H2,1H3. The molecule has 116 valence electrons. The minimum Gasteiger partial charge on any atom is -0.312 e. The van der Waals surface area contributed by atoms with E-state index in [1.807, 2.05) is 12.1 Å². The number of nitrogens with one attached hydrogen (secondary N) is 2. The van der Waals surface area contributed by atoms with E-state index in [0.717, 1.165) is 43.5 Å². The summed E-state index contributed by atoms with van der Waals surface area (Å²) < 4.78 is 28.2. The summed E-state index contributed by atoms with van der Waals surface area (Å²) in [5.74, 6) is 0. The van der Waals surface area contributed by atoms with Crippen molar-refractivity contribution in [2.75, 3.05) is 13.1 Å². The van der Waals surface area contributed by atoms with E-state index in [4.69, 9.17) is 0 Å². The first kappa shape index (κ1) is 15.0. The third-order valence-corrected chi connectivity index (χ3v) is 6.37. The lowest BCUT2D eigenvalue weighted by Crippen LogP contribution is -2.35. The van der Waals surface area contributed by atoms with Gasteiger partial charge in [-0.1, -0.05) is 31.9 Å². The highest BCUT2D eigenvalue weighted by Gasteiger charge is 2.31. The monoisotopic (exact) mass is 308 g/mol. The van der Waals surface area contributed by atoms with Gasteiger partial charge in [0.15, 0.2) is 0 Å². The van der Waals surface area contributed by atoms with Crippen LogP contribution in [-0.2, 0) is 23.0 Å². The Morgan fingerprint density at radius 1 is 1.29 bits per heavy atom. The fourth-order valence-electron chi connectivity index (χ4n) is 3.50. The molecule has 1 aromatic carbocycles. The van der Waals surface area contributed by atoms with E-state index in [2.05, 4.69) is 17.0 Å². The van der Waals surface area contributed by atoms with Gasteiger partial charge in [0.1, 0.15) is 0 Å². The van der Waals surface area contributed by atoms with Crippen LogP contribution in [0.5, 0.6) is 0 Å². The van der Waals surface area contributed by atoms with Crippen LogP contribution in [0.25, 0.3) is 0 Å². The van der Waals surface area contributed by atoms with E-state index in [-0.39, 0.29) is 5.41 Å². The number of rotatable bonds is 4. The largest absolute Gasteiger partial charge is 0.312 e. The minimum absolute atomic E-state index is 0.128. The van der Waals surface area contributed by atoms with E-state index >= 15 is 0 Å². The van der Waals surface area contributed by atoms with Crippen molar-refractivity contribution in [1.29, 1.82) is 0 Å². The van der Waals surface area contributed by atoms with Crippen molar-refractivity contribution in [2.45, 2.75) is 50.5 Å². The van der Waals surface area contributed by atoms with Gasteiger partial charge in [-0.2, -0.15) is 0 Å². The van der Waals surface area contributed by atoms with E-state index in [9.17, 15) is 8.42 Å². The SMILES string of the molecule is CC1(CNS(=O)(=O)c2cccc3c2CCNC3)CCCC1. The fourth-order valence-corrected chi connectivity index (χ4v) is 5.01. The summed E-state index contributed by atoms with van der Waals surface area (Å²) >= 11 is 0. The maximum Gasteiger partial charge on any atom is 0.240 e. The van der Waals surface area contributed by atoms with Crippen LogP contribution in [0.4, 0.5) is 0 Å². The summed E-state index contributed by atoms with van der Waals surface area (Å²) in [7, 11) is -3.41. The van der Waals surface area contributed by atoms with Gasteiger partial charge in [-0.15, -0.1) is 0 Å². The summed E-state index contributed by atoms with van der Waals surface area (Å²) in [5, 5.41) is 3.29. The summed E-state index contributed by atoms with van der Waals surface area (Å²) in [6, 6.07) is 5.60. The van der Waals surface area contributed by atoms with Crippen LogP contribution >= 0.6 is 0 Å². The van der Waals surface area contributed by atoms with Gasteiger partial charge in [0, 0.05) is 13.1 Å². The van der Waals surface area contributed by atoms with Crippen LogP contribution < -0.4 is 10.0 Å². The zero-order chi connectivity index (χ0) is 14.9. The molecular formula is C16H24N2O2S. The molecule has 4 nitrogen and oxygen atoms in total. The smallest absolute Gasteiger partial charge is 0.240 e. The molecule has 0 unspecified atom stereocenters. The predicted molar refractivity (Wildman–Crippen MR) is 83.6 cm³/mol. The molecule has 1 saturated carbocycles. The van der Waals surface area contributed by atoms with Crippen molar-refractivity contribution in [1.82, 2.24) is 10.0 Å². The zero-order valence-corrected chi connectivity index (χ0v) is 13.4. The van der Waals surface area contributed by atoms with Crippen molar-refractivity contribution in [3.05, 3.63) is 29.3 Å². The van der Waals surface area contributed by atoms with Crippen molar-refractivity contribution in [3.8, 4) is 0 Å². The maximum absolute atomic E-state index is 12.7. The highest BCUT2D eigenvalue weighted by Crippen LogP contribution is 2.37. The second-order valence-electron chi connectivity index (χ2n) is 6.66. The van der Waals surface area contributed by atoms with E-state index < -0.39 is 10.0 Å². The molecule has 21 heavy (non-hydrogen) atoms. The highest BCUT2D eigenvalue weighted by atomic mass is 32.2. The van der Waals surface area contributed by atoms with Gasteiger partial charge in [0.25, 0.3) is 0 Å². The molecule has 1 aromatic rings. The molecule has 0 bridgehead atoms. The van der Waals surface area contributed by atoms with E-state index in [1.54, 1.807) is 6.07 Å². The lowest BCUT2D eigenvalue weighted by molar-refractivity contribution is 0.336. The van der Waals surface area contributed by atoms with Crippen molar-refractivity contribution in [2.24, 2.45) is 5.41 Å². The first-order chi connectivity index (χ1) is 10.0. The van der Waals surface area contributed by atoms with Gasteiger partial charge < -0.3 is 5.32 Å². The summed E-state index contributed by atoms with van der Waals surface area (Å²) in [6.45, 7) is 4.35. The molecule has 2 aliphatic rings. The van der Waals surface area contributed by atoms with Crippen LogP contribution in [0.2, 0.25) is 0 Å². The average Bonchev–Trinajstić information content (AvgIpc) is 2.92. The van der Waals surface area contributed by atoms with Crippen LogP contribution in [-0.4, -0.2) is 21.5 Å². The van der Waals surface area contributed by atoms with Gasteiger partial charge in [-0.3, -0.25) is 0 Å². The topological polar surface area (TPSA) is 58.2 Å². The van der Waals surface area contributed by atoms with Crippen molar-refractivity contribution < 1.29 is 8.42 Å². The summed E-state index contributed by atoms with van der Waals surface area (Å²) in [6.07, 6.45) is 5.44. The van der Waals surface area contributed by atoms with Gasteiger partial charge in [-0.25, -0.2) is 13.1 Å². The third-order valence-electron chi connectivity index (χ3n) is 4.89. The first-order valence-electron chi connectivity index (χ1n) is 7.81. The second kappa shape index (κ2) is 5.71. The molecule has 1 aliphatic carbocycles. The molecule has 0 amide bonds. The molecular weight excluding hydrogens is 284 g/mol. The molecule has 0 spiro atoms. The van der Waals surface area contributed by atoms with Gasteiger partial charge in [-0.05, 0) is 48.4 Å². The minimum atomic E-state index is -3.41. The van der Waals surface area contributed by atoms with Crippen LogP contribution in [0.3, 0.4) is 0 Å². The fraction of sp³-hybridized carbons (Fsp3) is 0.625. The Kier molecular flexibility index (Phi) is 4.08. The molecule has 0 radical (unpaired) electrons. The third kappa shape index (κ3) is 3.15. The number of benzene rings is 1. The molecule has 1 heterocycles. The molecule has 0 atom stereocenters. The molecule has 5 heteroatoms. The molecule has 1 aliphatic heterocycles. The lowest BCUT2D eigenvalue weighted by atomic mass is 9.89. The first-order valence-corrected chi connectivity index (χ1v) is 9.30. The van der Waals surface area contributed by atoms with Crippen molar-refractivity contribution >= 4 is 10.0 Å². The predicted octanol–water partition coefficient (Wildman–Crippen LogP) is 2.19. The lowest BCUT2D eigenvalue weighted by Gasteiger charge is -2.25. The number of hydrogen-bond donors (Lipinski definition) is 2. The van der Waals surface area contributed by atoms with Gasteiger partial charge >= 0.3 is 0 Å². The molecule has 0 saturated heterocycles. The maximum atomic E-state index is 12.7. The van der Waals surface area contributed by atoms with Gasteiger partial charge in [0.05, 0.1) is 4.90 Å². The highest BCUT2D eigenvalue weighted by molar-refractivity contribution is 7.89. The normalized spacial score (nSPS) is 21.2. The quantitative estimate of drug-likeness (QED) is 0.896. The Hall–Kier alpha value is -0.910. The van der Waals surface area contributed by atoms with Crippen LogP contribution in [0.15, 0.2) is 23.1 Å². The van der Waals surface area contributed by atoms with E-state index in [1.165, 1.54) is 12.8 Å². The average molecular weight is 308 g/mol. The van der Waals surface area contributed by atoms with Crippen LogP contribution in [0, 0.1) is 5.41 Å². The van der Waals surface area contributed by atoms with Crippen molar-refractivity contribution in [3.63, 3.8) is 0 Å². The van der Waals surface area contributed by atoms with E-state index in [0.29, 0.717) is 11.4 Å². The Bertz CT molecular complexity index is 619. The Morgan fingerprint density at radius 3 is 2.81 bits per heavy atom. The number of sulfonamides is 1.